The van der Waals surface area contributed by atoms with Gasteiger partial charge in [0.2, 0.25) is 5.91 Å². The lowest BCUT2D eigenvalue weighted by Gasteiger charge is -2.35. The Morgan fingerprint density at radius 2 is 1.84 bits per heavy atom. The maximum absolute atomic E-state index is 13.2. The van der Waals surface area contributed by atoms with Crippen LogP contribution in [0.2, 0.25) is 0 Å². The number of carboxylic acids is 1. The minimum atomic E-state index is -1.06. The predicted octanol–water partition coefficient (Wildman–Crippen LogP) is 4.77. The van der Waals surface area contributed by atoms with Crippen molar-refractivity contribution in [3.8, 4) is 5.75 Å². The van der Waals surface area contributed by atoms with Crippen molar-refractivity contribution >= 4 is 23.8 Å². The predicted molar refractivity (Wildman–Crippen MR) is 161 cm³/mol. The molecule has 11 nitrogen and oxygen atoms in total. The molecule has 4 atom stereocenters. The van der Waals surface area contributed by atoms with Crippen LogP contribution in [0.1, 0.15) is 100 Å². The van der Waals surface area contributed by atoms with E-state index in [1.807, 2.05) is 19.1 Å². The van der Waals surface area contributed by atoms with Crippen LogP contribution in [0, 0.1) is 12.8 Å². The van der Waals surface area contributed by atoms with Crippen molar-refractivity contribution in [3.05, 3.63) is 82.2 Å². The number of amides is 2. The van der Waals surface area contributed by atoms with Gasteiger partial charge in [0.1, 0.15) is 24.2 Å². The standard InChI is InChI=1S/C34H37N3O8/c1-19-14-29(36-45-19)32(39)35-20(2)31(23-9-7-22(8-10-23)21-5-6-21)44-26-11-12-27(34(41)42)28(16-26)24-4-3-13-37(17-24)33(40)25-15-30(38)43-18-25/h7-12,14,16,20-21,24-25,31H,3-6,13,15,17-18H2,1-2H3,(H,35,39)(H,41,42)/t20-,24+,25+,31-/m0/s1. The number of esters is 1. The molecule has 1 aromatic heterocycles. The first-order chi connectivity index (χ1) is 21.7. The van der Waals surface area contributed by atoms with Crippen molar-refractivity contribution in [1.29, 1.82) is 0 Å². The van der Waals surface area contributed by atoms with E-state index in [-0.39, 0.29) is 42.1 Å². The lowest BCUT2D eigenvalue weighted by Crippen LogP contribution is -2.42. The zero-order valence-electron chi connectivity index (χ0n) is 25.4. The molecule has 3 aliphatic rings. The van der Waals surface area contributed by atoms with Gasteiger partial charge in [-0.2, -0.15) is 0 Å². The van der Waals surface area contributed by atoms with Gasteiger partial charge in [-0.25, -0.2) is 4.79 Å². The number of cyclic esters (lactones) is 1. The summed E-state index contributed by atoms with van der Waals surface area (Å²) in [4.78, 5) is 51.7. The number of hydrogen-bond donors (Lipinski definition) is 2. The number of ether oxygens (including phenoxy) is 2. The Labute approximate surface area is 260 Å². The Bertz CT molecular complexity index is 1590. The van der Waals surface area contributed by atoms with Crippen molar-refractivity contribution in [2.75, 3.05) is 19.7 Å². The number of aryl methyl sites for hydroxylation is 1. The second-order valence-electron chi connectivity index (χ2n) is 12.3. The molecule has 1 aliphatic carbocycles. The molecule has 0 radical (unpaired) electrons. The first-order valence-electron chi connectivity index (χ1n) is 15.5. The van der Waals surface area contributed by atoms with Crippen molar-refractivity contribution in [2.45, 2.75) is 69.9 Å². The van der Waals surface area contributed by atoms with Crippen molar-refractivity contribution in [3.63, 3.8) is 0 Å². The Balaban J connectivity index is 1.26. The van der Waals surface area contributed by atoms with E-state index in [2.05, 4.69) is 22.6 Å². The highest BCUT2D eigenvalue weighted by Gasteiger charge is 2.36. The summed E-state index contributed by atoms with van der Waals surface area (Å²) >= 11 is 0. The summed E-state index contributed by atoms with van der Waals surface area (Å²) < 4.78 is 16.6. The van der Waals surface area contributed by atoms with Crippen LogP contribution in [-0.2, 0) is 14.3 Å². The zero-order chi connectivity index (χ0) is 31.7. The first kappa shape index (κ1) is 30.4. The number of piperidine rings is 1. The molecule has 0 bridgehead atoms. The fraction of sp³-hybridized carbons (Fsp3) is 0.441. The highest BCUT2D eigenvalue weighted by Crippen LogP contribution is 2.41. The number of hydrogen-bond acceptors (Lipinski definition) is 8. The molecule has 1 saturated carbocycles. The van der Waals surface area contributed by atoms with Crippen LogP contribution in [0.3, 0.4) is 0 Å². The SMILES string of the molecule is Cc1cc(C(=O)N[C@@H](C)[C@H](Oc2ccc(C(=O)O)c([C@@H]3CCCN(C(=O)[C@H]4COC(=O)C4)C3)c2)c2ccc(C3CC3)cc2)no1. The normalized spacial score (nSPS) is 21.1. The molecule has 2 saturated heterocycles. The highest BCUT2D eigenvalue weighted by atomic mass is 16.5. The van der Waals surface area contributed by atoms with Gasteiger partial charge in [-0.15, -0.1) is 0 Å². The van der Waals surface area contributed by atoms with Crippen LogP contribution in [0.5, 0.6) is 5.75 Å². The molecule has 2 aromatic carbocycles. The van der Waals surface area contributed by atoms with E-state index >= 15 is 0 Å². The van der Waals surface area contributed by atoms with Gasteiger partial charge in [-0.1, -0.05) is 29.4 Å². The quantitative estimate of drug-likeness (QED) is 0.308. The van der Waals surface area contributed by atoms with E-state index in [0.717, 1.165) is 5.56 Å². The number of aromatic carboxylic acids is 1. The van der Waals surface area contributed by atoms with Gasteiger partial charge in [0.05, 0.1) is 23.9 Å². The highest BCUT2D eigenvalue weighted by molar-refractivity contribution is 5.92. The molecular weight excluding hydrogens is 578 g/mol. The Hall–Kier alpha value is -4.67. The molecule has 0 unspecified atom stereocenters. The van der Waals surface area contributed by atoms with Gasteiger partial charge in [0.15, 0.2) is 5.69 Å². The molecule has 0 spiro atoms. The lowest BCUT2D eigenvalue weighted by molar-refractivity contribution is -0.138. The number of nitrogens with zero attached hydrogens (tertiary/aromatic N) is 2. The number of likely N-dealkylation sites (tertiary alicyclic amines) is 1. The van der Waals surface area contributed by atoms with Crippen LogP contribution in [0.4, 0.5) is 0 Å². The summed E-state index contributed by atoms with van der Waals surface area (Å²) in [6, 6.07) is 14.2. The van der Waals surface area contributed by atoms with Crippen molar-refractivity contribution < 1.29 is 38.3 Å². The minimum Gasteiger partial charge on any atom is -0.484 e. The van der Waals surface area contributed by atoms with E-state index in [1.54, 1.807) is 30.0 Å². The molecule has 11 heteroatoms. The lowest BCUT2D eigenvalue weighted by atomic mass is 9.86. The van der Waals surface area contributed by atoms with E-state index in [4.69, 9.17) is 14.0 Å². The van der Waals surface area contributed by atoms with Gasteiger partial charge in [0, 0.05) is 25.1 Å². The number of carbonyl (C=O) groups excluding carboxylic acids is 3. The summed E-state index contributed by atoms with van der Waals surface area (Å²) in [5.74, 6) is -1.17. The summed E-state index contributed by atoms with van der Waals surface area (Å²) in [5, 5.41) is 16.9. The number of carbonyl (C=O) groups is 4. The smallest absolute Gasteiger partial charge is 0.335 e. The number of benzene rings is 2. The molecule has 2 amide bonds. The van der Waals surface area contributed by atoms with Crippen LogP contribution in [-0.4, -0.2) is 64.7 Å². The molecule has 3 aromatic rings. The maximum atomic E-state index is 13.2. The van der Waals surface area contributed by atoms with E-state index in [1.165, 1.54) is 24.5 Å². The van der Waals surface area contributed by atoms with Crippen LogP contribution >= 0.6 is 0 Å². The average molecular weight is 616 g/mol. The van der Waals surface area contributed by atoms with Crippen molar-refractivity contribution in [1.82, 2.24) is 15.4 Å². The third-order valence-corrected chi connectivity index (χ3v) is 8.88. The molecule has 3 heterocycles. The Morgan fingerprint density at radius 3 is 2.49 bits per heavy atom. The zero-order valence-corrected chi connectivity index (χ0v) is 25.4. The van der Waals surface area contributed by atoms with Gasteiger partial charge in [-0.3, -0.25) is 14.4 Å². The number of rotatable bonds is 10. The fourth-order valence-electron chi connectivity index (χ4n) is 6.32. The van der Waals surface area contributed by atoms with E-state index < -0.39 is 29.9 Å². The molecular formula is C34H37N3O8. The summed E-state index contributed by atoms with van der Waals surface area (Å²) in [5.41, 5.74) is 3.02. The summed E-state index contributed by atoms with van der Waals surface area (Å²) in [6.07, 6.45) is 3.21. The third kappa shape index (κ3) is 6.87. The van der Waals surface area contributed by atoms with E-state index in [9.17, 15) is 24.3 Å². The topological polar surface area (TPSA) is 148 Å². The van der Waals surface area contributed by atoms with Gasteiger partial charge in [-0.05, 0) is 80.3 Å². The average Bonchev–Trinajstić information content (AvgIpc) is 3.65. The summed E-state index contributed by atoms with van der Waals surface area (Å²) in [6.45, 7) is 4.52. The minimum absolute atomic E-state index is 0.0672. The molecule has 3 fully saturated rings. The molecule has 45 heavy (non-hydrogen) atoms. The Kier molecular flexibility index (Phi) is 8.60. The monoisotopic (exact) mass is 615 g/mol. The Morgan fingerprint density at radius 1 is 1.07 bits per heavy atom. The fourth-order valence-corrected chi connectivity index (χ4v) is 6.32. The molecule has 6 rings (SSSR count). The second kappa shape index (κ2) is 12.7. The maximum Gasteiger partial charge on any atom is 0.335 e. The molecule has 2 aliphatic heterocycles. The van der Waals surface area contributed by atoms with Crippen LogP contribution in [0.15, 0.2) is 53.1 Å². The largest absolute Gasteiger partial charge is 0.484 e. The molecule has 2 N–H and O–H groups in total. The second-order valence-corrected chi connectivity index (χ2v) is 12.3. The molecule has 236 valence electrons. The van der Waals surface area contributed by atoms with Crippen LogP contribution < -0.4 is 10.1 Å². The van der Waals surface area contributed by atoms with E-state index in [0.29, 0.717) is 48.9 Å². The number of aromatic nitrogens is 1. The van der Waals surface area contributed by atoms with Crippen LogP contribution in [0.25, 0.3) is 0 Å². The first-order valence-corrected chi connectivity index (χ1v) is 15.5. The van der Waals surface area contributed by atoms with Gasteiger partial charge < -0.3 is 29.3 Å². The van der Waals surface area contributed by atoms with Gasteiger partial charge >= 0.3 is 11.9 Å². The number of carboxylic acid groups (broad SMARTS) is 1. The number of nitrogens with one attached hydrogen (secondary N) is 1. The van der Waals surface area contributed by atoms with Crippen molar-refractivity contribution in [2.24, 2.45) is 5.92 Å². The third-order valence-electron chi connectivity index (χ3n) is 8.88. The van der Waals surface area contributed by atoms with Gasteiger partial charge in [0.25, 0.3) is 5.91 Å². The summed E-state index contributed by atoms with van der Waals surface area (Å²) in [7, 11) is 0.